The number of pyridine rings is 1. The van der Waals surface area contributed by atoms with Gasteiger partial charge in [0.1, 0.15) is 11.6 Å². The van der Waals surface area contributed by atoms with Gasteiger partial charge in [-0.15, -0.1) is 0 Å². The fourth-order valence-corrected chi connectivity index (χ4v) is 2.40. The molecule has 2 aromatic carbocycles. The fraction of sp³-hybridized carbons (Fsp3) is 0. The standard InChI is InChI=1S/C15H7Cl2F2NO/c16-10-3-1-2-9-13(4-5-20-14(9)10)21-15-11(17)6-8(18)7-12(15)19/h1-7H. The van der Waals surface area contributed by atoms with Crippen LogP contribution in [-0.2, 0) is 0 Å². The summed E-state index contributed by atoms with van der Waals surface area (Å²) in [4.78, 5) is 4.14. The number of benzene rings is 2. The van der Waals surface area contributed by atoms with Crippen LogP contribution in [0.2, 0.25) is 10.0 Å². The normalized spacial score (nSPS) is 10.9. The van der Waals surface area contributed by atoms with Crippen LogP contribution in [0.1, 0.15) is 0 Å². The van der Waals surface area contributed by atoms with Crippen molar-refractivity contribution in [3.63, 3.8) is 0 Å². The van der Waals surface area contributed by atoms with E-state index in [2.05, 4.69) is 4.98 Å². The van der Waals surface area contributed by atoms with Gasteiger partial charge in [-0.2, -0.15) is 0 Å². The summed E-state index contributed by atoms with van der Waals surface area (Å²) in [6, 6.07) is 8.39. The molecule has 6 heteroatoms. The fourth-order valence-electron chi connectivity index (χ4n) is 1.94. The Hall–Kier alpha value is -1.91. The largest absolute Gasteiger partial charge is 0.452 e. The van der Waals surface area contributed by atoms with Gasteiger partial charge in [-0.1, -0.05) is 29.3 Å². The van der Waals surface area contributed by atoms with Crippen molar-refractivity contribution in [2.45, 2.75) is 0 Å². The molecule has 1 heterocycles. The van der Waals surface area contributed by atoms with Gasteiger partial charge in [0, 0.05) is 17.6 Å². The summed E-state index contributed by atoms with van der Waals surface area (Å²) in [6.07, 6.45) is 1.48. The average molecular weight is 326 g/mol. The topological polar surface area (TPSA) is 22.1 Å². The summed E-state index contributed by atoms with van der Waals surface area (Å²) >= 11 is 11.9. The Labute approximate surface area is 128 Å². The average Bonchev–Trinajstić information content (AvgIpc) is 2.43. The Kier molecular flexibility index (Phi) is 3.66. The summed E-state index contributed by atoms with van der Waals surface area (Å²) in [6.45, 7) is 0. The number of ether oxygens (including phenoxy) is 1. The zero-order valence-electron chi connectivity index (χ0n) is 10.4. The first-order valence-corrected chi connectivity index (χ1v) is 6.67. The molecule has 0 radical (unpaired) electrons. The second-order valence-electron chi connectivity index (χ2n) is 4.25. The molecule has 3 rings (SSSR count). The van der Waals surface area contributed by atoms with E-state index in [0.717, 1.165) is 6.07 Å². The van der Waals surface area contributed by atoms with Gasteiger partial charge in [-0.3, -0.25) is 4.98 Å². The molecular formula is C15H7Cl2F2NO. The Morgan fingerprint density at radius 2 is 1.81 bits per heavy atom. The Balaban J connectivity index is 2.13. The van der Waals surface area contributed by atoms with Gasteiger partial charge in [-0.05, 0) is 24.3 Å². The lowest BCUT2D eigenvalue weighted by Crippen LogP contribution is -1.93. The monoisotopic (exact) mass is 325 g/mol. The number of rotatable bonds is 2. The van der Waals surface area contributed by atoms with Crippen molar-refractivity contribution in [3.05, 3.63) is 64.3 Å². The van der Waals surface area contributed by atoms with Crippen molar-refractivity contribution in [1.82, 2.24) is 4.98 Å². The Morgan fingerprint density at radius 1 is 1.00 bits per heavy atom. The zero-order valence-corrected chi connectivity index (χ0v) is 11.9. The van der Waals surface area contributed by atoms with Crippen LogP contribution in [0.4, 0.5) is 8.78 Å². The van der Waals surface area contributed by atoms with Crippen LogP contribution in [0.3, 0.4) is 0 Å². The molecule has 3 aromatic rings. The highest BCUT2D eigenvalue weighted by Gasteiger charge is 2.14. The van der Waals surface area contributed by atoms with E-state index < -0.39 is 11.6 Å². The van der Waals surface area contributed by atoms with Crippen LogP contribution in [0.15, 0.2) is 42.6 Å². The van der Waals surface area contributed by atoms with Crippen molar-refractivity contribution in [1.29, 1.82) is 0 Å². The van der Waals surface area contributed by atoms with E-state index in [0.29, 0.717) is 27.7 Å². The predicted octanol–water partition coefficient (Wildman–Crippen LogP) is 5.61. The molecule has 0 saturated heterocycles. The maximum absolute atomic E-state index is 13.8. The minimum Gasteiger partial charge on any atom is -0.452 e. The molecule has 0 N–H and O–H groups in total. The Bertz CT molecular complexity index is 816. The second kappa shape index (κ2) is 5.47. The molecule has 0 aliphatic carbocycles. The van der Waals surface area contributed by atoms with Crippen molar-refractivity contribution in [2.75, 3.05) is 0 Å². The predicted molar refractivity (Wildman–Crippen MR) is 78.2 cm³/mol. The van der Waals surface area contributed by atoms with Crippen molar-refractivity contribution in [3.8, 4) is 11.5 Å². The van der Waals surface area contributed by atoms with Crippen LogP contribution >= 0.6 is 23.2 Å². The maximum Gasteiger partial charge on any atom is 0.181 e. The molecule has 0 aliphatic heterocycles. The van der Waals surface area contributed by atoms with Crippen LogP contribution in [0, 0.1) is 11.6 Å². The third-order valence-corrected chi connectivity index (χ3v) is 3.44. The molecule has 2 nitrogen and oxygen atoms in total. The summed E-state index contributed by atoms with van der Waals surface area (Å²) in [7, 11) is 0. The third kappa shape index (κ3) is 2.64. The number of aromatic nitrogens is 1. The smallest absolute Gasteiger partial charge is 0.181 e. The van der Waals surface area contributed by atoms with E-state index in [4.69, 9.17) is 27.9 Å². The minimum atomic E-state index is -0.882. The molecule has 106 valence electrons. The molecule has 0 bridgehead atoms. The van der Waals surface area contributed by atoms with E-state index in [9.17, 15) is 8.78 Å². The van der Waals surface area contributed by atoms with E-state index in [1.807, 2.05) is 0 Å². The highest BCUT2D eigenvalue weighted by Crippen LogP contribution is 2.36. The van der Waals surface area contributed by atoms with Crippen molar-refractivity contribution in [2.24, 2.45) is 0 Å². The van der Waals surface area contributed by atoms with Gasteiger partial charge in [0.2, 0.25) is 0 Å². The molecule has 0 fully saturated rings. The first-order chi connectivity index (χ1) is 10.1. The molecule has 0 aliphatic rings. The second-order valence-corrected chi connectivity index (χ2v) is 5.06. The molecule has 0 atom stereocenters. The van der Waals surface area contributed by atoms with E-state index in [1.54, 1.807) is 24.3 Å². The van der Waals surface area contributed by atoms with Crippen LogP contribution < -0.4 is 4.74 Å². The van der Waals surface area contributed by atoms with Crippen LogP contribution in [0.25, 0.3) is 10.9 Å². The van der Waals surface area contributed by atoms with Crippen molar-refractivity contribution >= 4 is 34.1 Å². The van der Waals surface area contributed by atoms with Gasteiger partial charge in [0.05, 0.1) is 15.6 Å². The number of para-hydroxylation sites is 1. The zero-order chi connectivity index (χ0) is 15.0. The van der Waals surface area contributed by atoms with Crippen molar-refractivity contribution < 1.29 is 13.5 Å². The van der Waals surface area contributed by atoms with E-state index in [-0.39, 0.29) is 10.8 Å². The first-order valence-electron chi connectivity index (χ1n) is 5.92. The first kappa shape index (κ1) is 14.0. The molecule has 1 aromatic heterocycles. The van der Waals surface area contributed by atoms with Gasteiger partial charge in [0.15, 0.2) is 11.6 Å². The van der Waals surface area contributed by atoms with E-state index in [1.165, 1.54) is 6.20 Å². The molecule has 0 saturated carbocycles. The number of hydrogen-bond donors (Lipinski definition) is 0. The molecule has 0 amide bonds. The SMILES string of the molecule is Fc1cc(F)c(Oc2ccnc3c(Cl)cccc23)c(Cl)c1. The van der Waals surface area contributed by atoms with Crippen LogP contribution in [0.5, 0.6) is 11.5 Å². The summed E-state index contributed by atoms with van der Waals surface area (Å²) in [5.74, 6) is -1.57. The Morgan fingerprint density at radius 3 is 2.57 bits per heavy atom. The lowest BCUT2D eigenvalue weighted by molar-refractivity contribution is 0.441. The lowest BCUT2D eigenvalue weighted by Gasteiger charge is -2.11. The van der Waals surface area contributed by atoms with Gasteiger partial charge in [0.25, 0.3) is 0 Å². The van der Waals surface area contributed by atoms with E-state index >= 15 is 0 Å². The van der Waals surface area contributed by atoms with Gasteiger partial charge < -0.3 is 4.74 Å². The summed E-state index contributed by atoms with van der Waals surface area (Å²) < 4.78 is 32.3. The van der Waals surface area contributed by atoms with Gasteiger partial charge in [-0.25, -0.2) is 8.78 Å². The molecule has 21 heavy (non-hydrogen) atoms. The van der Waals surface area contributed by atoms with Crippen LogP contribution in [-0.4, -0.2) is 4.98 Å². The molecule has 0 spiro atoms. The summed E-state index contributed by atoms with van der Waals surface area (Å²) in [5, 5.41) is 0.896. The highest BCUT2D eigenvalue weighted by molar-refractivity contribution is 6.35. The molecule has 0 unspecified atom stereocenters. The number of halogens is 4. The summed E-state index contributed by atoms with van der Waals surface area (Å²) in [5.41, 5.74) is 0.523. The number of fused-ring (bicyclic) bond motifs is 1. The number of hydrogen-bond acceptors (Lipinski definition) is 2. The number of nitrogens with zero attached hydrogens (tertiary/aromatic N) is 1. The lowest BCUT2D eigenvalue weighted by atomic mass is 10.2. The third-order valence-electron chi connectivity index (χ3n) is 2.86. The maximum atomic E-state index is 13.8. The highest BCUT2D eigenvalue weighted by atomic mass is 35.5. The molecular weight excluding hydrogens is 319 g/mol. The van der Waals surface area contributed by atoms with Gasteiger partial charge >= 0.3 is 0 Å². The quantitative estimate of drug-likeness (QED) is 0.610. The minimum absolute atomic E-state index is 0.153.